The van der Waals surface area contributed by atoms with Gasteiger partial charge in [-0.3, -0.25) is 9.79 Å². The number of ether oxygens (including phenoxy) is 1. The molecule has 1 spiro atoms. The van der Waals surface area contributed by atoms with Crippen LogP contribution in [0.3, 0.4) is 0 Å². The van der Waals surface area contributed by atoms with Crippen LogP contribution in [0.25, 0.3) is 0 Å². The number of nitrogens with zero attached hydrogens (tertiary/aromatic N) is 2. The van der Waals surface area contributed by atoms with Gasteiger partial charge in [0.05, 0.1) is 6.61 Å². The summed E-state index contributed by atoms with van der Waals surface area (Å²) in [5.74, 6) is 0.864. The van der Waals surface area contributed by atoms with Crippen LogP contribution < -0.4 is 10.6 Å². The number of guanidine groups is 1. The van der Waals surface area contributed by atoms with Gasteiger partial charge < -0.3 is 20.3 Å². The Morgan fingerprint density at radius 2 is 2.04 bits per heavy atom. The van der Waals surface area contributed by atoms with Gasteiger partial charge in [0.1, 0.15) is 0 Å². The van der Waals surface area contributed by atoms with Crippen LogP contribution in [0.1, 0.15) is 23.2 Å². The van der Waals surface area contributed by atoms with Crippen molar-refractivity contribution in [2.75, 3.05) is 46.4 Å². The third-order valence-corrected chi connectivity index (χ3v) is 4.86. The monoisotopic (exact) mass is 330 g/mol. The van der Waals surface area contributed by atoms with Gasteiger partial charge in [0.15, 0.2) is 5.96 Å². The standard InChI is InChI=1S/C18H26N4O2/c1-19-17(22-11-7-18(13-22)8-12-24-14-18)21-10-9-20-16(23)15-5-3-2-4-6-15/h2-6H,7-14H2,1H3,(H,19,21)(H,20,23). The molecule has 1 aromatic rings. The van der Waals surface area contributed by atoms with Gasteiger partial charge in [0, 0.05) is 50.8 Å². The molecule has 2 aliphatic heterocycles. The molecule has 2 fully saturated rings. The zero-order valence-electron chi connectivity index (χ0n) is 14.3. The first kappa shape index (κ1) is 16.8. The van der Waals surface area contributed by atoms with Crippen molar-refractivity contribution in [3.8, 4) is 0 Å². The first-order chi connectivity index (χ1) is 11.7. The van der Waals surface area contributed by atoms with Crippen LogP contribution in [0.4, 0.5) is 0 Å². The molecular formula is C18H26N4O2. The minimum absolute atomic E-state index is 0.0457. The van der Waals surface area contributed by atoms with E-state index in [0.29, 0.717) is 24.1 Å². The number of rotatable bonds is 4. The number of carbonyl (C=O) groups is 1. The average Bonchev–Trinajstić information content (AvgIpc) is 3.26. The third kappa shape index (κ3) is 3.87. The fourth-order valence-corrected chi connectivity index (χ4v) is 3.46. The summed E-state index contributed by atoms with van der Waals surface area (Å²) in [4.78, 5) is 18.7. The number of benzene rings is 1. The maximum Gasteiger partial charge on any atom is 0.251 e. The summed E-state index contributed by atoms with van der Waals surface area (Å²) in [6.07, 6.45) is 2.31. The molecule has 0 aromatic heterocycles. The van der Waals surface area contributed by atoms with Gasteiger partial charge in [-0.25, -0.2) is 0 Å². The summed E-state index contributed by atoms with van der Waals surface area (Å²) in [6.45, 7) is 4.99. The maximum absolute atomic E-state index is 12.0. The highest BCUT2D eigenvalue weighted by atomic mass is 16.5. The molecule has 0 bridgehead atoms. The third-order valence-electron chi connectivity index (χ3n) is 4.86. The van der Waals surface area contributed by atoms with Crippen molar-refractivity contribution >= 4 is 11.9 Å². The van der Waals surface area contributed by atoms with Crippen LogP contribution in [0.5, 0.6) is 0 Å². The van der Waals surface area contributed by atoms with Gasteiger partial charge in [-0.05, 0) is 25.0 Å². The number of carbonyl (C=O) groups excluding carboxylic acids is 1. The van der Waals surface area contributed by atoms with Gasteiger partial charge in [0.25, 0.3) is 5.91 Å². The molecule has 2 heterocycles. The number of hydrogen-bond donors (Lipinski definition) is 2. The molecule has 1 aromatic carbocycles. The predicted molar refractivity (Wildman–Crippen MR) is 94.2 cm³/mol. The zero-order valence-corrected chi connectivity index (χ0v) is 14.3. The molecule has 6 nitrogen and oxygen atoms in total. The van der Waals surface area contributed by atoms with E-state index < -0.39 is 0 Å². The lowest BCUT2D eigenvalue weighted by Crippen LogP contribution is -2.44. The second-order valence-electron chi connectivity index (χ2n) is 6.57. The highest BCUT2D eigenvalue weighted by Crippen LogP contribution is 2.38. The number of amides is 1. The van der Waals surface area contributed by atoms with E-state index in [-0.39, 0.29) is 5.91 Å². The average molecular weight is 330 g/mol. The van der Waals surface area contributed by atoms with E-state index in [4.69, 9.17) is 4.74 Å². The Morgan fingerprint density at radius 3 is 2.75 bits per heavy atom. The second kappa shape index (κ2) is 7.66. The smallest absolute Gasteiger partial charge is 0.251 e. The molecule has 1 amide bonds. The second-order valence-corrected chi connectivity index (χ2v) is 6.57. The SMILES string of the molecule is CN=C(NCCNC(=O)c1ccccc1)N1CCC2(CCOC2)C1. The van der Waals surface area contributed by atoms with Crippen LogP contribution in [0.2, 0.25) is 0 Å². The number of aliphatic imine (C=N–C) groups is 1. The summed E-state index contributed by atoms with van der Waals surface area (Å²) < 4.78 is 5.58. The van der Waals surface area contributed by atoms with Crippen molar-refractivity contribution in [3.63, 3.8) is 0 Å². The predicted octanol–water partition coefficient (Wildman–Crippen LogP) is 1.10. The van der Waals surface area contributed by atoms with Gasteiger partial charge >= 0.3 is 0 Å². The molecule has 24 heavy (non-hydrogen) atoms. The first-order valence-electron chi connectivity index (χ1n) is 8.59. The van der Waals surface area contributed by atoms with Crippen LogP contribution in [-0.2, 0) is 4.74 Å². The number of hydrogen-bond acceptors (Lipinski definition) is 3. The van der Waals surface area contributed by atoms with E-state index in [9.17, 15) is 4.79 Å². The topological polar surface area (TPSA) is 66.0 Å². The fourth-order valence-electron chi connectivity index (χ4n) is 3.46. The Kier molecular flexibility index (Phi) is 5.35. The summed E-state index contributed by atoms with van der Waals surface area (Å²) >= 11 is 0. The van der Waals surface area contributed by atoms with Crippen molar-refractivity contribution in [2.45, 2.75) is 12.8 Å². The van der Waals surface area contributed by atoms with Crippen molar-refractivity contribution in [2.24, 2.45) is 10.4 Å². The molecule has 2 aliphatic rings. The highest BCUT2D eigenvalue weighted by Gasteiger charge is 2.42. The van der Waals surface area contributed by atoms with Crippen LogP contribution >= 0.6 is 0 Å². The zero-order chi connectivity index (χ0) is 16.8. The van der Waals surface area contributed by atoms with Gasteiger partial charge in [-0.1, -0.05) is 18.2 Å². The lowest BCUT2D eigenvalue weighted by atomic mass is 9.87. The van der Waals surface area contributed by atoms with Gasteiger partial charge in [0.2, 0.25) is 0 Å². The molecule has 2 N–H and O–H groups in total. The molecule has 0 saturated carbocycles. The Balaban J connectivity index is 1.41. The number of likely N-dealkylation sites (tertiary alicyclic amines) is 1. The molecule has 0 aliphatic carbocycles. The van der Waals surface area contributed by atoms with Crippen molar-refractivity contribution in [3.05, 3.63) is 35.9 Å². The molecule has 0 radical (unpaired) electrons. The Hall–Kier alpha value is -2.08. The number of nitrogens with one attached hydrogen (secondary N) is 2. The van der Waals surface area contributed by atoms with E-state index in [1.165, 1.54) is 6.42 Å². The quantitative estimate of drug-likeness (QED) is 0.493. The summed E-state index contributed by atoms with van der Waals surface area (Å²) in [7, 11) is 1.81. The lowest BCUT2D eigenvalue weighted by Gasteiger charge is -2.25. The Bertz CT molecular complexity index is 582. The van der Waals surface area contributed by atoms with E-state index >= 15 is 0 Å². The molecule has 130 valence electrons. The van der Waals surface area contributed by atoms with Crippen molar-refractivity contribution in [1.29, 1.82) is 0 Å². The van der Waals surface area contributed by atoms with E-state index in [0.717, 1.165) is 38.7 Å². The summed E-state index contributed by atoms with van der Waals surface area (Å²) in [6, 6.07) is 9.26. The summed E-state index contributed by atoms with van der Waals surface area (Å²) in [5.41, 5.74) is 1.00. The van der Waals surface area contributed by atoms with Crippen LogP contribution in [0.15, 0.2) is 35.3 Å². The van der Waals surface area contributed by atoms with Crippen LogP contribution in [0, 0.1) is 5.41 Å². The van der Waals surface area contributed by atoms with Gasteiger partial charge in [-0.2, -0.15) is 0 Å². The van der Waals surface area contributed by atoms with Crippen molar-refractivity contribution in [1.82, 2.24) is 15.5 Å². The van der Waals surface area contributed by atoms with Crippen LogP contribution in [-0.4, -0.2) is 63.2 Å². The van der Waals surface area contributed by atoms with E-state index in [1.54, 1.807) is 7.05 Å². The van der Waals surface area contributed by atoms with Gasteiger partial charge in [-0.15, -0.1) is 0 Å². The Morgan fingerprint density at radius 1 is 1.25 bits per heavy atom. The molecular weight excluding hydrogens is 304 g/mol. The Labute approximate surface area is 143 Å². The maximum atomic E-state index is 12.0. The molecule has 2 saturated heterocycles. The first-order valence-corrected chi connectivity index (χ1v) is 8.59. The molecule has 3 rings (SSSR count). The minimum atomic E-state index is -0.0457. The molecule has 1 atom stereocenters. The van der Waals surface area contributed by atoms with Crippen molar-refractivity contribution < 1.29 is 9.53 Å². The lowest BCUT2D eigenvalue weighted by molar-refractivity contribution is 0.0954. The summed E-state index contributed by atoms with van der Waals surface area (Å²) in [5, 5.41) is 6.27. The largest absolute Gasteiger partial charge is 0.381 e. The molecule has 1 unspecified atom stereocenters. The fraction of sp³-hybridized carbons (Fsp3) is 0.556. The van der Waals surface area contributed by atoms with E-state index in [1.807, 2.05) is 30.3 Å². The highest BCUT2D eigenvalue weighted by molar-refractivity contribution is 5.94. The normalized spacial score (nSPS) is 23.7. The molecule has 6 heteroatoms. The van der Waals surface area contributed by atoms with E-state index in [2.05, 4.69) is 20.5 Å². The minimum Gasteiger partial charge on any atom is -0.381 e.